The van der Waals surface area contributed by atoms with E-state index in [2.05, 4.69) is 31.9 Å². The quantitative estimate of drug-likeness (QED) is 0.425. The standard InChI is InChI=1S/C18H16Br2Cl2O4/c1-9(23)26-18(2,14-12(21)7-5-10(19)16(14)24-3)15-13(22)8-6-11(20)17(15)25-4/h5-8H,1-4H3. The molecule has 0 fully saturated rings. The molecule has 2 aromatic rings. The summed E-state index contributed by atoms with van der Waals surface area (Å²) in [5.41, 5.74) is -0.473. The predicted molar refractivity (Wildman–Crippen MR) is 110 cm³/mol. The van der Waals surface area contributed by atoms with Crippen LogP contribution in [-0.4, -0.2) is 20.2 Å². The topological polar surface area (TPSA) is 44.8 Å². The van der Waals surface area contributed by atoms with Gasteiger partial charge in [-0.2, -0.15) is 0 Å². The Morgan fingerprint density at radius 3 is 1.62 bits per heavy atom. The average Bonchev–Trinajstić information content (AvgIpc) is 2.57. The van der Waals surface area contributed by atoms with Crippen molar-refractivity contribution in [2.45, 2.75) is 19.4 Å². The van der Waals surface area contributed by atoms with Crippen molar-refractivity contribution in [3.8, 4) is 11.5 Å². The van der Waals surface area contributed by atoms with Gasteiger partial charge in [-0.3, -0.25) is 4.79 Å². The summed E-state index contributed by atoms with van der Waals surface area (Å²) in [4.78, 5) is 12.0. The van der Waals surface area contributed by atoms with Crippen molar-refractivity contribution in [2.75, 3.05) is 14.2 Å². The lowest BCUT2D eigenvalue weighted by molar-refractivity contribution is -0.152. The molecule has 0 amide bonds. The van der Waals surface area contributed by atoms with Gasteiger partial charge < -0.3 is 14.2 Å². The van der Waals surface area contributed by atoms with E-state index in [1.165, 1.54) is 21.1 Å². The van der Waals surface area contributed by atoms with Gasteiger partial charge in [-0.1, -0.05) is 23.2 Å². The van der Waals surface area contributed by atoms with Crippen LogP contribution in [0.4, 0.5) is 0 Å². The molecule has 0 aliphatic rings. The molecule has 0 bridgehead atoms. The van der Waals surface area contributed by atoms with Gasteiger partial charge in [0.1, 0.15) is 11.5 Å². The third kappa shape index (κ3) is 3.84. The predicted octanol–water partition coefficient (Wildman–Crippen LogP) is 6.36. The maximum absolute atomic E-state index is 12.0. The van der Waals surface area contributed by atoms with Gasteiger partial charge in [0.25, 0.3) is 0 Å². The SMILES string of the molecule is COc1c(Br)ccc(Cl)c1C(C)(OC(C)=O)c1c(Cl)ccc(Br)c1OC. The fourth-order valence-electron chi connectivity index (χ4n) is 2.87. The molecule has 0 aromatic heterocycles. The molecule has 4 nitrogen and oxygen atoms in total. The Balaban J connectivity index is 2.97. The Bertz CT molecular complexity index is 796. The molecule has 140 valence electrons. The molecule has 0 spiro atoms. The van der Waals surface area contributed by atoms with Crippen molar-refractivity contribution in [1.82, 2.24) is 0 Å². The lowest BCUT2D eigenvalue weighted by atomic mass is 9.86. The third-order valence-corrected chi connectivity index (χ3v) is 5.71. The second-order valence-electron chi connectivity index (χ2n) is 5.50. The zero-order chi connectivity index (χ0) is 19.6. The summed E-state index contributed by atoms with van der Waals surface area (Å²) in [6.07, 6.45) is 0. The average molecular weight is 527 g/mol. The largest absolute Gasteiger partial charge is 0.495 e. The van der Waals surface area contributed by atoms with Gasteiger partial charge in [-0.15, -0.1) is 0 Å². The van der Waals surface area contributed by atoms with Gasteiger partial charge in [-0.05, 0) is 63.0 Å². The highest BCUT2D eigenvalue weighted by atomic mass is 79.9. The number of carbonyl (C=O) groups is 1. The summed E-state index contributed by atoms with van der Waals surface area (Å²) in [7, 11) is 3.02. The van der Waals surface area contributed by atoms with Crippen molar-refractivity contribution in [3.05, 3.63) is 54.4 Å². The van der Waals surface area contributed by atoms with E-state index in [9.17, 15) is 4.79 Å². The number of rotatable bonds is 5. The van der Waals surface area contributed by atoms with Crippen LogP contribution in [0.3, 0.4) is 0 Å². The van der Waals surface area contributed by atoms with Crippen LogP contribution in [0.25, 0.3) is 0 Å². The maximum atomic E-state index is 12.0. The van der Waals surface area contributed by atoms with Crippen molar-refractivity contribution < 1.29 is 19.0 Å². The highest BCUT2D eigenvalue weighted by Crippen LogP contribution is 2.51. The van der Waals surface area contributed by atoms with E-state index in [-0.39, 0.29) is 0 Å². The van der Waals surface area contributed by atoms with Crippen LogP contribution in [-0.2, 0) is 15.1 Å². The zero-order valence-electron chi connectivity index (χ0n) is 14.5. The van der Waals surface area contributed by atoms with Crippen LogP contribution in [0, 0.1) is 0 Å². The minimum absolute atomic E-state index is 0.354. The molecule has 0 radical (unpaired) electrons. The molecule has 0 N–H and O–H groups in total. The molecule has 8 heteroatoms. The van der Waals surface area contributed by atoms with Crippen molar-refractivity contribution in [3.63, 3.8) is 0 Å². The van der Waals surface area contributed by atoms with E-state index in [0.717, 1.165) is 0 Å². The molecular formula is C18H16Br2Cl2O4. The summed E-state index contributed by atoms with van der Waals surface area (Å²) in [5, 5.41) is 0.707. The van der Waals surface area contributed by atoms with Crippen LogP contribution in [0.15, 0.2) is 33.2 Å². The number of ether oxygens (including phenoxy) is 3. The van der Waals surface area contributed by atoms with E-state index in [1.54, 1.807) is 31.2 Å². The molecule has 0 saturated carbocycles. The number of hydrogen-bond donors (Lipinski definition) is 0. The second-order valence-corrected chi connectivity index (χ2v) is 8.02. The van der Waals surface area contributed by atoms with Gasteiger partial charge in [-0.25, -0.2) is 0 Å². The summed E-state index contributed by atoms with van der Waals surface area (Å²) >= 11 is 19.9. The highest BCUT2D eigenvalue weighted by Gasteiger charge is 2.42. The third-order valence-electron chi connectivity index (χ3n) is 3.83. The first-order chi connectivity index (χ1) is 12.2. The summed E-state index contributed by atoms with van der Waals surface area (Å²) in [6.45, 7) is 3.01. The van der Waals surface area contributed by atoms with E-state index in [4.69, 9.17) is 37.4 Å². The Hall–Kier alpha value is -0.950. The monoisotopic (exact) mass is 524 g/mol. The number of esters is 1. The van der Waals surface area contributed by atoms with Crippen LogP contribution in [0.2, 0.25) is 10.0 Å². The first-order valence-corrected chi connectivity index (χ1v) is 9.76. The van der Waals surface area contributed by atoms with Gasteiger partial charge in [0.05, 0.1) is 44.3 Å². The molecule has 0 saturated heterocycles. The smallest absolute Gasteiger partial charge is 0.303 e. The molecule has 0 atom stereocenters. The van der Waals surface area contributed by atoms with E-state index >= 15 is 0 Å². The first-order valence-electron chi connectivity index (χ1n) is 7.41. The summed E-state index contributed by atoms with van der Waals surface area (Å²) in [6, 6.07) is 6.87. The number of methoxy groups -OCH3 is 2. The minimum atomic E-state index is -1.37. The number of halogens is 4. The Morgan fingerprint density at radius 2 is 1.31 bits per heavy atom. The molecule has 0 aliphatic carbocycles. The van der Waals surface area contributed by atoms with Gasteiger partial charge in [0.15, 0.2) is 5.60 Å². The molecule has 0 unspecified atom stereocenters. The van der Waals surface area contributed by atoms with Crippen molar-refractivity contribution >= 4 is 61.0 Å². The molecule has 26 heavy (non-hydrogen) atoms. The Labute approximate surface area is 179 Å². The highest BCUT2D eigenvalue weighted by molar-refractivity contribution is 9.10. The number of hydrogen-bond acceptors (Lipinski definition) is 4. The van der Waals surface area contributed by atoms with E-state index in [0.29, 0.717) is 41.6 Å². The summed E-state index contributed by atoms with van der Waals surface area (Å²) in [5.74, 6) is 0.349. The van der Waals surface area contributed by atoms with Crippen LogP contribution >= 0.6 is 55.1 Å². The van der Waals surface area contributed by atoms with Crippen LogP contribution in [0.1, 0.15) is 25.0 Å². The molecular weight excluding hydrogens is 511 g/mol. The zero-order valence-corrected chi connectivity index (χ0v) is 19.1. The Kier molecular flexibility index (Phi) is 6.88. The Morgan fingerprint density at radius 1 is 0.923 bits per heavy atom. The fraction of sp³-hybridized carbons (Fsp3) is 0.278. The first kappa shape index (κ1) is 21.4. The molecule has 2 rings (SSSR count). The lowest BCUT2D eigenvalue weighted by Crippen LogP contribution is -2.32. The number of carbonyl (C=O) groups excluding carboxylic acids is 1. The second kappa shape index (κ2) is 8.38. The summed E-state index contributed by atoms with van der Waals surface area (Å²) < 4.78 is 18.1. The minimum Gasteiger partial charge on any atom is -0.495 e. The fourth-order valence-corrected chi connectivity index (χ4v) is 4.51. The normalized spacial score (nSPS) is 11.2. The van der Waals surface area contributed by atoms with E-state index in [1.807, 2.05) is 0 Å². The van der Waals surface area contributed by atoms with Gasteiger partial charge in [0.2, 0.25) is 0 Å². The molecule has 0 aliphatic heterocycles. The number of benzene rings is 2. The van der Waals surface area contributed by atoms with Crippen molar-refractivity contribution in [2.24, 2.45) is 0 Å². The molecule has 2 aromatic carbocycles. The van der Waals surface area contributed by atoms with Crippen LogP contribution < -0.4 is 9.47 Å². The maximum Gasteiger partial charge on any atom is 0.303 e. The van der Waals surface area contributed by atoms with Crippen LogP contribution in [0.5, 0.6) is 11.5 Å². The van der Waals surface area contributed by atoms with E-state index < -0.39 is 11.6 Å². The van der Waals surface area contributed by atoms with Gasteiger partial charge >= 0.3 is 5.97 Å². The van der Waals surface area contributed by atoms with Crippen molar-refractivity contribution in [1.29, 1.82) is 0 Å². The van der Waals surface area contributed by atoms with Gasteiger partial charge in [0, 0.05) is 6.92 Å². The lowest BCUT2D eigenvalue weighted by Gasteiger charge is -2.34. The molecule has 0 heterocycles.